The van der Waals surface area contributed by atoms with Gasteiger partial charge in [0.2, 0.25) is 5.91 Å². The number of carbonyl (C=O) groups excluding carboxylic acids is 2. The van der Waals surface area contributed by atoms with Crippen molar-refractivity contribution in [2.75, 3.05) is 0 Å². The molecule has 2 N–H and O–H groups in total. The van der Waals surface area contributed by atoms with Crippen LogP contribution in [0.15, 0.2) is 91.0 Å². The van der Waals surface area contributed by atoms with E-state index in [0.717, 1.165) is 27.4 Å². The van der Waals surface area contributed by atoms with Crippen molar-refractivity contribution in [2.24, 2.45) is 5.73 Å². The summed E-state index contributed by atoms with van der Waals surface area (Å²) in [4.78, 5) is 25.2. The average Bonchev–Trinajstić information content (AvgIpc) is 3.17. The van der Waals surface area contributed by atoms with Crippen LogP contribution < -0.4 is 5.73 Å². The van der Waals surface area contributed by atoms with Gasteiger partial charge in [-0.15, -0.1) is 0 Å². The van der Waals surface area contributed by atoms with Crippen molar-refractivity contribution in [3.63, 3.8) is 0 Å². The van der Waals surface area contributed by atoms with E-state index < -0.39 is 5.91 Å². The number of aromatic nitrogens is 1. The Morgan fingerprint density at radius 2 is 1.53 bits per heavy atom. The van der Waals surface area contributed by atoms with Crippen LogP contribution in [-0.2, 0) is 6.54 Å². The predicted molar refractivity (Wildman–Crippen MR) is 137 cm³/mol. The van der Waals surface area contributed by atoms with Crippen molar-refractivity contribution in [3.05, 3.63) is 119 Å². The number of amides is 1. The number of ketones is 1. The average molecular weight is 447 g/mol. The maximum atomic E-state index is 13.0. The van der Waals surface area contributed by atoms with Crippen LogP contribution in [0.4, 0.5) is 0 Å². The molecule has 168 valence electrons. The van der Waals surface area contributed by atoms with Crippen LogP contribution in [0.1, 0.15) is 57.2 Å². The normalized spacial score (nSPS) is 11.4. The number of carbonyl (C=O) groups is 2. The highest BCUT2D eigenvalue weighted by Gasteiger charge is 2.18. The van der Waals surface area contributed by atoms with E-state index in [9.17, 15) is 9.59 Å². The Balaban J connectivity index is 1.66. The molecule has 0 atom stereocenters. The van der Waals surface area contributed by atoms with E-state index in [1.807, 2.05) is 66.7 Å². The van der Waals surface area contributed by atoms with Gasteiger partial charge in [0, 0.05) is 39.5 Å². The molecule has 0 fully saturated rings. The third kappa shape index (κ3) is 3.77. The molecule has 1 heterocycles. The standard InChI is InChI=1S/C30H26N2O2/c1-19(2)22-14-15-24-27(17-22)32(26-13-7-12-25(28(24)26)30(31)34)18-20-8-6-11-23(16-20)29(33)21-9-4-3-5-10-21/h3-17,19H,18H2,1-2H3,(H2,31,34). The fourth-order valence-corrected chi connectivity index (χ4v) is 4.65. The molecule has 34 heavy (non-hydrogen) atoms. The third-order valence-corrected chi connectivity index (χ3v) is 6.41. The van der Waals surface area contributed by atoms with Gasteiger partial charge in [-0.1, -0.05) is 80.6 Å². The lowest BCUT2D eigenvalue weighted by Crippen LogP contribution is -2.11. The summed E-state index contributed by atoms with van der Waals surface area (Å²) >= 11 is 0. The van der Waals surface area contributed by atoms with Crippen LogP contribution in [-0.4, -0.2) is 16.3 Å². The van der Waals surface area contributed by atoms with Crippen molar-refractivity contribution in [1.82, 2.24) is 4.57 Å². The molecular formula is C30H26N2O2. The number of hydrogen-bond acceptors (Lipinski definition) is 2. The summed E-state index contributed by atoms with van der Waals surface area (Å²) < 4.78 is 2.22. The number of primary amides is 1. The van der Waals surface area contributed by atoms with E-state index in [0.29, 0.717) is 29.2 Å². The van der Waals surface area contributed by atoms with Gasteiger partial charge < -0.3 is 10.3 Å². The van der Waals surface area contributed by atoms with E-state index in [-0.39, 0.29) is 5.78 Å². The number of benzene rings is 4. The minimum absolute atomic E-state index is 0.00257. The quantitative estimate of drug-likeness (QED) is 0.311. The summed E-state index contributed by atoms with van der Waals surface area (Å²) in [6, 6.07) is 29.2. The summed E-state index contributed by atoms with van der Waals surface area (Å²) in [6.07, 6.45) is 0. The molecule has 0 radical (unpaired) electrons. The molecule has 0 aliphatic heterocycles. The molecule has 1 aromatic heterocycles. The molecule has 4 nitrogen and oxygen atoms in total. The number of nitrogens with two attached hydrogens (primary N) is 1. The zero-order valence-corrected chi connectivity index (χ0v) is 19.3. The lowest BCUT2D eigenvalue weighted by Gasteiger charge is -2.11. The Morgan fingerprint density at radius 3 is 2.26 bits per heavy atom. The Kier molecular flexibility index (Phi) is 5.50. The third-order valence-electron chi connectivity index (χ3n) is 6.41. The zero-order valence-electron chi connectivity index (χ0n) is 19.3. The fourth-order valence-electron chi connectivity index (χ4n) is 4.65. The molecule has 4 heteroatoms. The topological polar surface area (TPSA) is 65.1 Å². The van der Waals surface area contributed by atoms with Crippen LogP contribution in [0.2, 0.25) is 0 Å². The SMILES string of the molecule is CC(C)c1ccc2c3c(C(N)=O)cccc3n(Cc3cccc(C(=O)c4ccccc4)c3)c2c1. The van der Waals surface area contributed by atoms with E-state index in [1.54, 1.807) is 6.07 Å². The lowest BCUT2D eigenvalue weighted by molar-refractivity contribution is 0.1000. The largest absolute Gasteiger partial charge is 0.366 e. The van der Waals surface area contributed by atoms with Crippen LogP contribution >= 0.6 is 0 Å². The van der Waals surface area contributed by atoms with Crippen molar-refractivity contribution in [2.45, 2.75) is 26.3 Å². The molecule has 5 rings (SSSR count). The highest BCUT2D eigenvalue weighted by atomic mass is 16.1. The van der Waals surface area contributed by atoms with E-state index in [2.05, 4.69) is 36.6 Å². The Labute approximate surface area is 198 Å². The Morgan fingerprint density at radius 1 is 0.794 bits per heavy atom. The van der Waals surface area contributed by atoms with Crippen molar-refractivity contribution in [3.8, 4) is 0 Å². The predicted octanol–water partition coefficient (Wildman–Crippen LogP) is 6.30. The van der Waals surface area contributed by atoms with Gasteiger partial charge in [0.25, 0.3) is 0 Å². The molecule has 0 bridgehead atoms. The molecular weight excluding hydrogens is 420 g/mol. The number of fused-ring (bicyclic) bond motifs is 3. The molecule has 1 amide bonds. The summed E-state index contributed by atoms with van der Waals surface area (Å²) in [7, 11) is 0. The number of hydrogen-bond donors (Lipinski definition) is 1. The number of nitrogens with zero attached hydrogens (tertiary/aromatic N) is 1. The van der Waals surface area contributed by atoms with E-state index in [1.165, 1.54) is 5.56 Å². The van der Waals surface area contributed by atoms with Crippen LogP contribution in [0, 0.1) is 0 Å². The molecule has 0 spiro atoms. The van der Waals surface area contributed by atoms with Gasteiger partial charge in [-0.3, -0.25) is 9.59 Å². The molecule has 0 aliphatic carbocycles. The van der Waals surface area contributed by atoms with Crippen molar-refractivity contribution >= 4 is 33.5 Å². The summed E-state index contributed by atoms with van der Waals surface area (Å²) in [5.41, 5.74) is 11.8. The molecule has 0 aliphatic rings. The van der Waals surface area contributed by atoms with E-state index >= 15 is 0 Å². The monoisotopic (exact) mass is 446 g/mol. The van der Waals surface area contributed by atoms with Crippen LogP contribution in [0.5, 0.6) is 0 Å². The minimum atomic E-state index is -0.437. The molecule has 0 unspecified atom stereocenters. The first-order valence-corrected chi connectivity index (χ1v) is 11.5. The van der Waals surface area contributed by atoms with Gasteiger partial charge in [0.05, 0.1) is 5.52 Å². The fraction of sp³-hybridized carbons (Fsp3) is 0.133. The maximum Gasteiger partial charge on any atom is 0.249 e. The second-order valence-corrected chi connectivity index (χ2v) is 8.98. The second-order valence-electron chi connectivity index (χ2n) is 8.98. The molecule has 0 saturated heterocycles. The second kappa shape index (κ2) is 8.64. The summed E-state index contributed by atoms with van der Waals surface area (Å²) in [5, 5.41) is 1.88. The van der Waals surface area contributed by atoms with Crippen LogP contribution in [0.3, 0.4) is 0 Å². The first-order valence-electron chi connectivity index (χ1n) is 11.5. The summed E-state index contributed by atoms with van der Waals surface area (Å²) in [5.74, 6) is -0.0610. The van der Waals surface area contributed by atoms with Gasteiger partial charge >= 0.3 is 0 Å². The van der Waals surface area contributed by atoms with E-state index in [4.69, 9.17) is 5.73 Å². The smallest absolute Gasteiger partial charge is 0.249 e. The van der Waals surface area contributed by atoms with Gasteiger partial charge in [-0.25, -0.2) is 0 Å². The molecule has 0 saturated carbocycles. The number of rotatable bonds is 6. The van der Waals surface area contributed by atoms with Crippen molar-refractivity contribution in [1.29, 1.82) is 0 Å². The van der Waals surface area contributed by atoms with Crippen molar-refractivity contribution < 1.29 is 9.59 Å². The zero-order chi connectivity index (χ0) is 23.8. The first-order chi connectivity index (χ1) is 16.4. The molecule has 4 aromatic carbocycles. The lowest BCUT2D eigenvalue weighted by atomic mass is 10.00. The maximum absolute atomic E-state index is 13.0. The highest BCUT2D eigenvalue weighted by Crippen LogP contribution is 2.34. The first kappa shape index (κ1) is 21.7. The van der Waals surface area contributed by atoms with Gasteiger partial charge in [0.15, 0.2) is 5.78 Å². The minimum Gasteiger partial charge on any atom is -0.366 e. The van der Waals surface area contributed by atoms with Crippen LogP contribution in [0.25, 0.3) is 21.8 Å². The van der Waals surface area contributed by atoms with Gasteiger partial charge in [-0.2, -0.15) is 0 Å². The highest BCUT2D eigenvalue weighted by molar-refractivity contribution is 6.18. The Hall–Kier alpha value is -4.18. The van der Waals surface area contributed by atoms with Gasteiger partial charge in [-0.05, 0) is 41.3 Å². The summed E-state index contributed by atoms with van der Waals surface area (Å²) in [6.45, 7) is 4.91. The van der Waals surface area contributed by atoms with Gasteiger partial charge in [0.1, 0.15) is 0 Å². The molecule has 5 aromatic rings. The Bertz CT molecular complexity index is 1540.